The monoisotopic (exact) mass is 330 g/mol. The van der Waals surface area contributed by atoms with E-state index in [2.05, 4.69) is 5.43 Å². The highest BCUT2D eigenvalue weighted by molar-refractivity contribution is 5.83. The highest BCUT2D eigenvalue weighted by atomic mass is 19.4. The van der Waals surface area contributed by atoms with Gasteiger partial charge in [0.2, 0.25) is 5.91 Å². The van der Waals surface area contributed by atoms with Crippen molar-refractivity contribution in [1.29, 1.82) is 0 Å². The van der Waals surface area contributed by atoms with Gasteiger partial charge in [-0.05, 0) is 32.4 Å². The molecule has 0 bridgehead atoms. The Hall–Kier alpha value is -1.76. The van der Waals surface area contributed by atoms with E-state index in [0.29, 0.717) is 17.9 Å². The molecule has 1 fully saturated rings. The van der Waals surface area contributed by atoms with E-state index in [0.717, 1.165) is 5.01 Å². The van der Waals surface area contributed by atoms with Gasteiger partial charge in [0, 0.05) is 13.0 Å². The number of nitrogens with zero attached hydrogens (tertiary/aromatic N) is 1. The van der Waals surface area contributed by atoms with Crippen LogP contribution in [0.2, 0.25) is 0 Å². The van der Waals surface area contributed by atoms with Gasteiger partial charge in [0.05, 0.1) is 12.0 Å². The lowest BCUT2D eigenvalue weighted by Crippen LogP contribution is -2.51. The third kappa shape index (κ3) is 3.96. The topological polar surface area (TPSA) is 41.6 Å². The van der Waals surface area contributed by atoms with Crippen LogP contribution in [-0.2, 0) is 11.2 Å². The number of carbonyl (C=O) groups is 1. The van der Waals surface area contributed by atoms with E-state index in [4.69, 9.17) is 4.74 Å². The molecule has 1 unspecified atom stereocenters. The van der Waals surface area contributed by atoms with E-state index in [9.17, 15) is 18.0 Å². The second-order valence-corrected chi connectivity index (χ2v) is 6.25. The Bertz CT molecular complexity index is 573. The molecule has 23 heavy (non-hydrogen) atoms. The smallest absolute Gasteiger partial charge is 0.406 e. The second kappa shape index (κ2) is 6.39. The van der Waals surface area contributed by atoms with Gasteiger partial charge in [-0.1, -0.05) is 18.2 Å². The van der Waals surface area contributed by atoms with Crippen molar-refractivity contribution < 1.29 is 22.7 Å². The number of ether oxygens (including phenoxy) is 1. The Morgan fingerprint density at radius 3 is 2.52 bits per heavy atom. The third-order valence-corrected chi connectivity index (χ3v) is 3.87. The van der Waals surface area contributed by atoms with Crippen LogP contribution in [0.4, 0.5) is 13.2 Å². The number of rotatable bonds is 5. The molecule has 1 atom stereocenters. The largest absolute Gasteiger partial charge is 0.494 e. The van der Waals surface area contributed by atoms with E-state index in [1.165, 1.54) is 0 Å². The average Bonchev–Trinajstić information content (AvgIpc) is 2.70. The Morgan fingerprint density at radius 2 is 2.00 bits per heavy atom. The van der Waals surface area contributed by atoms with Crippen molar-refractivity contribution >= 4 is 5.91 Å². The summed E-state index contributed by atoms with van der Waals surface area (Å²) in [7, 11) is 0. The van der Waals surface area contributed by atoms with Gasteiger partial charge in [-0.25, -0.2) is 5.01 Å². The molecule has 1 amide bonds. The SMILES string of the molecule is CCOc1ccccc1CC(N1CC(C)(C)C(=O)N1)C(F)(F)F. The summed E-state index contributed by atoms with van der Waals surface area (Å²) >= 11 is 0. The molecular formula is C16H21F3N2O2. The van der Waals surface area contributed by atoms with Crippen LogP contribution in [0.25, 0.3) is 0 Å². The predicted octanol–water partition coefficient (Wildman–Crippen LogP) is 2.93. The third-order valence-electron chi connectivity index (χ3n) is 3.87. The summed E-state index contributed by atoms with van der Waals surface area (Å²) in [5, 5.41) is 0.991. The zero-order chi connectivity index (χ0) is 17.3. The molecule has 0 saturated carbocycles. The Kier molecular flexibility index (Phi) is 4.89. The number of carbonyl (C=O) groups excluding carboxylic acids is 1. The summed E-state index contributed by atoms with van der Waals surface area (Å²) in [6.45, 7) is 5.42. The maximum atomic E-state index is 13.5. The van der Waals surface area contributed by atoms with Crippen molar-refractivity contribution in [2.24, 2.45) is 5.41 Å². The highest BCUT2D eigenvalue weighted by Crippen LogP contribution is 2.34. The standard InChI is InChI=1S/C16H21F3N2O2/c1-4-23-12-8-6-5-7-11(12)9-13(16(17,18)19)21-10-15(2,3)14(22)20-21/h5-8,13H,4,9-10H2,1-3H3,(H,20,22). The Morgan fingerprint density at radius 1 is 1.35 bits per heavy atom. The molecule has 1 heterocycles. The molecule has 4 nitrogen and oxygen atoms in total. The normalized spacial score (nSPS) is 19.5. The number of alkyl halides is 3. The number of amides is 1. The van der Waals surface area contributed by atoms with Crippen molar-refractivity contribution in [2.45, 2.75) is 39.4 Å². The molecule has 1 aliphatic heterocycles. The number of benzene rings is 1. The van der Waals surface area contributed by atoms with E-state index in [1.807, 2.05) is 0 Å². The van der Waals surface area contributed by atoms with Gasteiger partial charge in [-0.15, -0.1) is 0 Å². The molecule has 0 aliphatic carbocycles. The van der Waals surface area contributed by atoms with Crippen molar-refractivity contribution in [3.63, 3.8) is 0 Å². The minimum atomic E-state index is -4.47. The molecule has 1 aromatic rings. The number of hydrogen-bond donors (Lipinski definition) is 1. The quantitative estimate of drug-likeness (QED) is 0.902. The maximum absolute atomic E-state index is 13.5. The van der Waals surface area contributed by atoms with Gasteiger partial charge in [-0.3, -0.25) is 10.2 Å². The summed E-state index contributed by atoms with van der Waals surface area (Å²) in [6, 6.07) is 4.87. The number of hydrazine groups is 1. The van der Waals surface area contributed by atoms with Gasteiger partial charge in [-0.2, -0.15) is 13.2 Å². The molecule has 2 rings (SSSR count). The van der Waals surface area contributed by atoms with Crippen molar-refractivity contribution in [3.8, 4) is 5.75 Å². The van der Waals surface area contributed by atoms with Crippen molar-refractivity contribution in [2.75, 3.05) is 13.2 Å². The molecule has 0 aromatic heterocycles. The summed E-state index contributed by atoms with van der Waals surface area (Å²) in [4.78, 5) is 11.8. The van der Waals surface area contributed by atoms with Crippen molar-refractivity contribution in [3.05, 3.63) is 29.8 Å². The molecule has 1 saturated heterocycles. The first-order valence-corrected chi connectivity index (χ1v) is 7.50. The van der Waals surface area contributed by atoms with E-state index >= 15 is 0 Å². The number of para-hydroxylation sites is 1. The van der Waals surface area contributed by atoms with Crippen LogP contribution in [0, 0.1) is 5.41 Å². The van der Waals surface area contributed by atoms with Crippen LogP contribution in [0.3, 0.4) is 0 Å². The average molecular weight is 330 g/mol. The lowest BCUT2D eigenvalue weighted by Gasteiger charge is -2.30. The summed E-state index contributed by atoms with van der Waals surface area (Å²) in [5.41, 5.74) is 1.98. The zero-order valence-corrected chi connectivity index (χ0v) is 13.4. The summed E-state index contributed by atoms with van der Waals surface area (Å²) in [6.07, 6.45) is -4.75. The van der Waals surface area contributed by atoms with Crippen LogP contribution in [0.5, 0.6) is 5.75 Å². The minimum absolute atomic E-state index is 0.00676. The zero-order valence-electron chi connectivity index (χ0n) is 13.4. The first kappa shape index (κ1) is 17.6. The fourth-order valence-electron chi connectivity index (χ4n) is 2.59. The van der Waals surface area contributed by atoms with Crippen LogP contribution in [0.1, 0.15) is 26.3 Å². The van der Waals surface area contributed by atoms with Crippen LogP contribution in [-0.4, -0.2) is 36.3 Å². The van der Waals surface area contributed by atoms with E-state index in [-0.39, 0.29) is 13.0 Å². The fraction of sp³-hybridized carbons (Fsp3) is 0.562. The molecule has 7 heteroatoms. The first-order chi connectivity index (χ1) is 10.6. The molecule has 1 N–H and O–H groups in total. The van der Waals surface area contributed by atoms with Gasteiger partial charge in [0.15, 0.2) is 0 Å². The Labute approximate surface area is 133 Å². The summed E-state index contributed by atoms with van der Waals surface area (Å²) < 4.78 is 46.0. The van der Waals surface area contributed by atoms with Gasteiger partial charge in [0.1, 0.15) is 11.8 Å². The van der Waals surface area contributed by atoms with E-state index < -0.39 is 23.5 Å². The molecule has 0 radical (unpaired) electrons. The predicted molar refractivity (Wildman–Crippen MR) is 79.8 cm³/mol. The van der Waals surface area contributed by atoms with Gasteiger partial charge >= 0.3 is 6.18 Å². The number of nitrogens with one attached hydrogen (secondary N) is 1. The lowest BCUT2D eigenvalue weighted by molar-refractivity contribution is -0.188. The van der Waals surface area contributed by atoms with Gasteiger partial charge in [0.25, 0.3) is 0 Å². The molecule has 1 aliphatic rings. The lowest BCUT2D eigenvalue weighted by atomic mass is 9.93. The van der Waals surface area contributed by atoms with E-state index in [1.54, 1.807) is 45.0 Å². The van der Waals surface area contributed by atoms with Crippen LogP contribution < -0.4 is 10.2 Å². The molecular weight excluding hydrogens is 309 g/mol. The molecule has 128 valence electrons. The number of hydrogen-bond acceptors (Lipinski definition) is 3. The van der Waals surface area contributed by atoms with Gasteiger partial charge < -0.3 is 4.74 Å². The highest BCUT2D eigenvalue weighted by Gasteiger charge is 2.50. The molecule has 1 aromatic carbocycles. The maximum Gasteiger partial charge on any atom is 0.406 e. The summed E-state index contributed by atoms with van der Waals surface area (Å²) in [5.74, 6) is 0.0406. The second-order valence-electron chi connectivity index (χ2n) is 6.25. The Balaban J connectivity index is 2.26. The minimum Gasteiger partial charge on any atom is -0.494 e. The fourth-order valence-corrected chi connectivity index (χ4v) is 2.59. The first-order valence-electron chi connectivity index (χ1n) is 7.50. The molecule has 0 spiro atoms. The van der Waals surface area contributed by atoms with Crippen LogP contribution >= 0.6 is 0 Å². The van der Waals surface area contributed by atoms with Crippen molar-refractivity contribution in [1.82, 2.24) is 10.4 Å². The van der Waals surface area contributed by atoms with Crippen LogP contribution in [0.15, 0.2) is 24.3 Å². The number of halogens is 3.